The average Bonchev–Trinajstić information content (AvgIpc) is 2.15. The van der Waals surface area contributed by atoms with Crippen LogP contribution in [-0.4, -0.2) is 18.3 Å². The van der Waals surface area contributed by atoms with Gasteiger partial charge < -0.3 is 5.32 Å². The summed E-state index contributed by atoms with van der Waals surface area (Å²) in [7, 11) is 0. The van der Waals surface area contributed by atoms with E-state index in [0.717, 1.165) is 12.8 Å². The molecule has 0 heterocycles. The molecule has 4 heteroatoms. The van der Waals surface area contributed by atoms with Crippen LogP contribution in [0.5, 0.6) is 0 Å². The van der Waals surface area contributed by atoms with Gasteiger partial charge in [-0.2, -0.15) is 13.2 Å². The van der Waals surface area contributed by atoms with Gasteiger partial charge in [0.05, 0.1) is 5.92 Å². The van der Waals surface area contributed by atoms with Crippen LogP contribution in [0, 0.1) is 11.8 Å². The summed E-state index contributed by atoms with van der Waals surface area (Å²) in [4.78, 5) is 0. The van der Waals surface area contributed by atoms with Gasteiger partial charge in [-0.15, -0.1) is 0 Å². The minimum Gasteiger partial charge on any atom is -0.311 e. The molecule has 0 bridgehead atoms. The molecule has 0 saturated heterocycles. The molecule has 102 valence electrons. The van der Waals surface area contributed by atoms with Crippen molar-refractivity contribution in [3.05, 3.63) is 0 Å². The first-order valence-corrected chi connectivity index (χ1v) is 6.61. The SMILES string of the molecule is CC(C)CC(C)NC1CCCC(C(F)(F)F)C1. The van der Waals surface area contributed by atoms with Gasteiger partial charge in [-0.1, -0.05) is 20.3 Å². The number of hydrogen-bond acceptors (Lipinski definition) is 1. The third-order valence-electron chi connectivity index (χ3n) is 3.48. The molecule has 17 heavy (non-hydrogen) atoms. The Morgan fingerprint density at radius 3 is 2.35 bits per heavy atom. The highest BCUT2D eigenvalue weighted by molar-refractivity contribution is 4.83. The molecule has 0 amide bonds. The summed E-state index contributed by atoms with van der Waals surface area (Å²) in [6.45, 7) is 6.34. The highest BCUT2D eigenvalue weighted by Gasteiger charge is 2.42. The third kappa shape index (κ3) is 5.28. The zero-order chi connectivity index (χ0) is 13.1. The zero-order valence-electron chi connectivity index (χ0n) is 11.0. The van der Waals surface area contributed by atoms with Gasteiger partial charge in [0.1, 0.15) is 0 Å². The maximum Gasteiger partial charge on any atom is 0.391 e. The summed E-state index contributed by atoms with van der Waals surface area (Å²) in [5.74, 6) is -0.514. The predicted molar refractivity (Wildman–Crippen MR) is 63.9 cm³/mol. The lowest BCUT2D eigenvalue weighted by atomic mass is 9.84. The van der Waals surface area contributed by atoms with Gasteiger partial charge in [-0.3, -0.25) is 0 Å². The van der Waals surface area contributed by atoms with Crippen molar-refractivity contribution in [1.82, 2.24) is 5.32 Å². The summed E-state index contributed by atoms with van der Waals surface area (Å²) < 4.78 is 37.9. The van der Waals surface area contributed by atoms with Gasteiger partial charge in [-0.25, -0.2) is 0 Å². The van der Waals surface area contributed by atoms with E-state index in [4.69, 9.17) is 0 Å². The number of nitrogens with one attached hydrogen (secondary N) is 1. The quantitative estimate of drug-likeness (QED) is 0.792. The van der Waals surface area contributed by atoms with Crippen molar-refractivity contribution in [2.75, 3.05) is 0 Å². The highest BCUT2D eigenvalue weighted by atomic mass is 19.4. The molecule has 3 unspecified atom stereocenters. The molecule has 0 aromatic carbocycles. The third-order valence-corrected chi connectivity index (χ3v) is 3.48. The van der Waals surface area contributed by atoms with Crippen LogP contribution in [0.1, 0.15) is 52.9 Å². The van der Waals surface area contributed by atoms with E-state index >= 15 is 0 Å². The normalized spacial score (nSPS) is 28.4. The summed E-state index contributed by atoms with van der Waals surface area (Å²) >= 11 is 0. The Labute approximate surface area is 102 Å². The van der Waals surface area contributed by atoms with E-state index in [9.17, 15) is 13.2 Å². The van der Waals surface area contributed by atoms with E-state index in [1.54, 1.807) is 0 Å². The first-order chi connectivity index (χ1) is 7.79. The maximum absolute atomic E-state index is 12.6. The van der Waals surface area contributed by atoms with Gasteiger partial charge in [0.2, 0.25) is 0 Å². The molecular formula is C13H24F3N. The van der Waals surface area contributed by atoms with E-state index in [1.807, 2.05) is 0 Å². The molecule has 0 aromatic rings. The van der Waals surface area contributed by atoms with Crippen molar-refractivity contribution in [2.45, 2.75) is 71.1 Å². The molecule has 0 aromatic heterocycles. The van der Waals surface area contributed by atoms with Crippen molar-refractivity contribution in [3.8, 4) is 0 Å². The van der Waals surface area contributed by atoms with Crippen LogP contribution in [0.25, 0.3) is 0 Å². The molecule has 1 fully saturated rings. The largest absolute Gasteiger partial charge is 0.391 e. The highest BCUT2D eigenvalue weighted by Crippen LogP contribution is 2.37. The Bertz CT molecular complexity index is 225. The van der Waals surface area contributed by atoms with E-state index in [-0.39, 0.29) is 12.5 Å². The second kappa shape index (κ2) is 6.07. The van der Waals surface area contributed by atoms with Crippen LogP contribution >= 0.6 is 0 Å². The van der Waals surface area contributed by atoms with Crippen molar-refractivity contribution in [2.24, 2.45) is 11.8 Å². The van der Waals surface area contributed by atoms with E-state index < -0.39 is 12.1 Å². The molecule has 1 aliphatic carbocycles. The second-order valence-electron chi connectivity index (χ2n) is 5.80. The second-order valence-corrected chi connectivity index (χ2v) is 5.80. The van der Waals surface area contributed by atoms with Crippen LogP contribution in [0.4, 0.5) is 13.2 Å². The number of rotatable bonds is 4. The number of halogens is 3. The average molecular weight is 251 g/mol. The van der Waals surface area contributed by atoms with Crippen molar-refractivity contribution in [3.63, 3.8) is 0 Å². The van der Waals surface area contributed by atoms with E-state index in [1.165, 1.54) is 0 Å². The first kappa shape index (κ1) is 14.8. The first-order valence-electron chi connectivity index (χ1n) is 6.61. The topological polar surface area (TPSA) is 12.0 Å². The Hall–Kier alpha value is -0.250. The van der Waals surface area contributed by atoms with Crippen LogP contribution in [-0.2, 0) is 0 Å². The van der Waals surface area contributed by atoms with Crippen molar-refractivity contribution in [1.29, 1.82) is 0 Å². The van der Waals surface area contributed by atoms with Crippen molar-refractivity contribution >= 4 is 0 Å². The molecule has 1 saturated carbocycles. The standard InChI is InChI=1S/C13H24F3N/c1-9(2)7-10(3)17-12-6-4-5-11(8-12)13(14,15)16/h9-12,17H,4-8H2,1-3H3. The van der Waals surface area contributed by atoms with Gasteiger partial charge in [0.25, 0.3) is 0 Å². The molecule has 1 nitrogen and oxygen atoms in total. The lowest BCUT2D eigenvalue weighted by molar-refractivity contribution is -0.183. The molecule has 0 spiro atoms. The fourth-order valence-electron chi connectivity index (χ4n) is 2.82. The number of alkyl halides is 3. The zero-order valence-corrected chi connectivity index (χ0v) is 11.0. The molecule has 1 rings (SSSR count). The lowest BCUT2D eigenvalue weighted by Crippen LogP contribution is -2.42. The molecule has 1 aliphatic rings. The monoisotopic (exact) mass is 251 g/mol. The van der Waals surface area contributed by atoms with Gasteiger partial charge in [-0.05, 0) is 38.5 Å². The number of hydrogen-bond donors (Lipinski definition) is 1. The summed E-state index contributed by atoms with van der Waals surface area (Å²) in [6.07, 6.45) is -0.855. The minimum atomic E-state index is -4.01. The van der Waals surface area contributed by atoms with Gasteiger partial charge in [0, 0.05) is 12.1 Å². The molecule has 3 atom stereocenters. The van der Waals surface area contributed by atoms with E-state index in [2.05, 4.69) is 26.1 Å². The van der Waals surface area contributed by atoms with Crippen LogP contribution in [0.2, 0.25) is 0 Å². The molecule has 1 N–H and O–H groups in total. The van der Waals surface area contributed by atoms with Gasteiger partial charge in [0.15, 0.2) is 0 Å². The Morgan fingerprint density at radius 2 is 1.82 bits per heavy atom. The Balaban J connectivity index is 2.39. The van der Waals surface area contributed by atoms with Crippen LogP contribution < -0.4 is 5.32 Å². The van der Waals surface area contributed by atoms with E-state index in [0.29, 0.717) is 24.8 Å². The fraction of sp³-hybridized carbons (Fsp3) is 1.00. The molecular weight excluding hydrogens is 227 g/mol. The molecule has 0 radical (unpaired) electrons. The fourth-order valence-corrected chi connectivity index (χ4v) is 2.82. The Morgan fingerprint density at radius 1 is 1.18 bits per heavy atom. The van der Waals surface area contributed by atoms with Crippen LogP contribution in [0.15, 0.2) is 0 Å². The lowest BCUT2D eigenvalue weighted by Gasteiger charge is -2.33. The molecule has 0 aliphatic heterocycles. The minimum absolute atomic E-state index is 0.0455. The summed E-state index contributed by atoms with van der Waals surface area (Å²) in [5.41, 5.74) is 0. The smallest absolute Gasteiger partial charge is 0.311 e. The Kier molecular flexibility index (Phi) is 5.29. The van der Waals surface area contributed by atoms with Crippen molar-refractivity contribution < 1.29 is 13.2 Å². The summed E-state index contributed by atoms with van der Waals surface area (Å²) in [5, 5.41) is 3.35. The predicted octanol–water partition coefficient (Wildman–Crippen LogP) is 4.13. The maximum atomic E-state index is 12.6. The van der Waals surface area contributed by atoms with Crippen LogP contribution in [0.3, 0.4) is 0 Å². The van der Waals surface area contributed by atoms with Gasteiger partial charge >= 0.3 is 6.18 Å². The summed E-state index contributed by atoms with van der Waals surface area (Å²) in [6, 6.07) is 0.358.